The molecular weight excluding hydrogens is 452 g/mol. The summed E-state index contributed by atoms with van der Waals surface area (Å²) < 4.78 is 39.7. The van der Waals surface area contributed by atoms with Crippen molar-refractivity contribution in [1.29, 1.82) is 0 Å². The minimum atomic E-state index is -4.12. The van der Waals surface area contributed by atoms with Gasteiger partial charge in [0, 0.05) is 18.3 Å². The number of fused-ring (bicyclic) bond motifs is 1. The lowest BCUT2D eigenvalue weighted by atomic mass is 9.95. The number of nitrogens with one attached hydrogen (secondary N) is 1. The third-order valence-corrected chi connectivity index (χ3v) is 7.98. The molecule has 0 spiro atoms. The number of amides is 1. The van der Waals surface area contributed by atoms with E-state index in [1.165, 1.54) is 24.6 Å². The van der Waals surface area contributed by atoms with E-state index in [2.05, 4.69) is 5.32 Å². The fraction of sp³-hybridized carbons (Fsp3) is 0.269. The van der Waals surface area contributed by atoms with Gasteiger partial charge in [0.1, 0.15) is 22.4 Å². The second-order valence-electron chi connectivity index (χ2n) is 8.36. The second-order valence-corrected chi connectivity index (χ2v) is 10.2. The van der Waals surface area contributed by atoms with Gasteiger partial charge < -0.3 is 14.8 Å². The largest absolute Gasteiger partial charge is 0.497 e. The Bertz CT molecular complexity index is 1340. The summed E-state index contributed by atoms with van der Waals surface area (Å²) in [4.78, 5) is 13.5. The lowest BCUT2D eigenvalue weighted by Gasteiger charge is -2.35. The van der Waals surface area contributed by atoms with Crippen LogP contribution in [0.1, 0.15) is 22.3 Å². The summed E-state index contributed by atoms with van der Waals surface area (Å²) in [6.45, 7) is 3.96. The van der Waals surface area contributed by atoms with Gasteiger partial charge in [-0.15, -0.1) is 0 Å². The zero-order valence-corrected chi connectivity index (χ0v) is 20.5. The van der Waals surface area contributed by atoms with E-state index in [0.717, 1.165) is 22.3 Å². The summed E-state index contributed by atoms with van der Waals surface area (Å²) >= 11 is 0. The third kappa shape index (κ3) is 4.51. The van der Waals surface area contributed by atoms with Gasteiger partial charge in [0.25, 0.3) is 0 Å². The topological polar surface area (TPSA) is 84.9 Å². The first kappa shape index (κ1) is 23.8. The molecule has 1 N–H and O–H groups in total. The summed E-state index contributed by atoms with van der Waals surface area (Å²) in [6.07, 6.45) is 0.262. The maximum absolute atomic E-state index is 13.9. The van der Waals surface area contributed by atoms with Crippen LogP contribution in [-0.2, 0) is 27.8 Å². The van der Waals surface area contributed by atoms with Gasteiger partial charge in [-0.05, 0) is 55.2 Å². The minimum absolute atomic E-state index is 0.0435. The van der Waals surface area contributed by atoms with Gasteiger partial charge in [0.05, 0.1) is 14.2 Å². The first-order valence-corrected chi connectivity index (χ1v) is 12.4. The normalized spacial score (nSPS) is 15.9. The molecule has 0 saturated carbocycles. The van der Waals surface area contributed by atoms with Crippen LogP contribution >= 0.6 is 0 Å². The van der Waals surface area contributed by atoms with Crippen LogP contribution in [0.2, 0.25) is 0 Å². The highest BCUT2D eigenvalue weighted by molar-refractivity contribution is 7.89. The minimum Gasteiger partial charge on any atom is -0.497 e. The molecule has 0 radical (unpaired) electrons. The fourth-order valence-electron chi connectivity index (χ4n) is 4.26. The van der Waals surface area contributed by atoms with Crippen LogP contribution in [0.25, 0.3) is 0 Å². The SMILES string of the molecule is COc1ccc(OC)c(S(=O)(=O)N2Cc3ccccc3C[C@H]2C(=O)Nc2ccc(C)cc2C)c1. The molecule has 0 saturated heterocycles. The van der Waals surface area contributed by atoms with Gasteiger partial charge in [0.2, 0.25) is 15.9 Å². The van der Waals surface area contributed by atoms with E-state index in [1.807, 2.05) is 56.3 Å². The van der Waals surface area contributed by atoms with Crippen molar-refractivity contribution >= 4 is 21.6 Å². The van der Waals surface area contributed by atoms with Crippen molar-refractivity contribution in [2.45, 2.75) is 37.8 Å². The number of rotatable bonds is 6. The van der Waals surface area contributed by atoms with Gasteiger partial charge in [-0.1, -0.05) is 42.0 Å². The molecule has 178 valence electrons. The molecule has 1 aliphatic rings. The Hall–Kier alpha value is -3.36. The number of hydrogen-bond donors (Lipinski definition) is 1. The van der Waals surface area contributed by atoms with Crippen LogP contribution < -0.4 is 14.8 Å². The molecule has 1 aliphatic heterocycles. The first-order chi connectivity index (χ1) is 16.2. The van der Waals surface area contributed by atoms with E-state index in [4.69, 9.17) is 9.47 Å². The van der Waals surface area contributed by atoms with Gasteiger partial charge in [-0.3, -0.25) is 4.79 Å². The van der Waals surface area contributed by atoms with Crippen LogP contribution in [0.5, 0.6) is 11.5 Å². The van der Waals surface area contributed by atoms with E-state index in [0.29, 0.717) is 11.4 Å². The molecule has 8 heteroatoms. The number of carbonyl (C=O) groups excluding carboxylic acids is 1. The zero-order valence-electron chi connectivity index (χ0n) is 19.7. The summed E-state index contributed by atoms with van der Waals surface area (Å²) in [7, 11) is -1.23. The molecule has 7 nitrogen and oxygen atoms in total. The summed E-state index contributed by atoms with van der Waals surface area (Å²) in [5.41, 5.74) is 4.46. The second kappa shape index (κ2) is 9.48. The highest BCUT2D eigenvalue weighted by Gasteiger charge is 2.41. The van der Waals surface area contributed by atoms with Crippen molar-refractivity contribution in [2.24, 2.45) is 0 Å². The standard InChI is InChI=1S/C26H28N2O5S/c1-17-9-11-22(18(2)13-17)27-26(29)23-14-19-7-5-6-8-20(19)16-28(23)34(30,31)25-15-21(32-3)10-12-24(25)33-4/h5-13,15,23H,14,16H2,1-4H3,(H,27,29)/t23-/m0/s1. The molecule has 0 bridgehead atoms. The molecule has 0 unspecified atom stereocenters. The van der Waals surface area contributed by atoms with Crippen LogP contribution in [0, 0.1) is 13.8 Å². The number of sulfonamides is 1. The quantitative estimate of drug-likeness (QED) is 0.575. The van der Waals surface area contributed by atoms with Gasteiger partial charge >= 0.3 is 0 Å². The molecule has 0 aromatic heterocycles. The smallest absolute Gasteiger partial charge is 0.247 e. The number of hydrogen-bond acceptors (Lipinski definition) is 5. The molecule has 0 aliphatic carbocycles. The molecule has 1 amide bonds. The molecule has 4 rings (SSSR count). The Labute approximate surface area is 200 Å². The van der Waals surface area contributed by atoms with Crippen molar-refractivity contribution in [1.82, 2.24) is 4.31 Å². The fourth-order valence-corrected chi connectivity index (χ4v) is 5.99. The molecular formula is C26H28N2O5S. The van der Waals surface area contributed by atoms with E-state index < -0.39 is 16.1 Å². The van der Waals surface area contributed by atoms with Crippen LogP contribution in [-0.4, -0.2) is 38.9 Å². The summed E-state index contributed by atoms with van der Waals surface area (Å²) in [6, 6.07) is 17.0. The van der Waals surface area contributed by atoms with E-state index in [-0.39, 0.29) is 29.5 Å². The molecule has 1 atom stereocenters. The molecule has 34 heavy (non-hydrogen) atoms. The summed E-state index contributed by atoms with van der Waals surface area (Å²) in [5.74, 6) is 0.188. The average molecular weight is 481 g/mol. The number of nitrogens with zero attached hydrogens (tertiary/aromatic N) is 1. The van der Waals surface area contributed by atoms with Crippen LogP contribution in [0.15, 0.2) is 65.6 Å². The lowest BCUT2D eigenvalue weighted by Crippen LogP contribution is -2.50. The number of benzene rings is 3. The Balaban J connectivity index is 1.77. The Morgan fingerprint density at radius 2 is 1.71 bits per heavy atom. The predicted octanol–water partition coefficient (Wildman–Crippen LogP) is 4.07. The van der Waals surface area contributed by atoms with Crippen molar-refractivity contribution in [3.63, 3.8) is 0 Å². The van der Waals surface area contributed by atoms with Crippen molar-refractivity contribution in [3.8, 4) is 11.5 Å². The van der Waals surface area contributed by atoms with E-state index >= 15 is 0 Å². The molecule has 3 aromatic rings. The lowest BCUT2D eigenvalue weighted by molar-refractivity contribution is -0.120. The van der Waals surface area contributed by atoms with Gasteiger partial charge in [-0.25, -0.2) is 8.42 Å². The maximum Gasteiger partial charge on any atom is 0.247 e. The first-order valence-electron chi connectivity index (χ1n) is 10.9. The van der Waals surface area contributed by atoms with Crippen molar-refractivity contribution < 1.29 is 22.7 Å². The Morgan fingerprint density at radius 3 is 2.38 bits per heavy atom. The number of carbonyl (C=O) groups is 1. The van der Waals surface area contributed by atoms with Crippen molar-refractivity contribution in [3.05, 3.63) is 82.9 Å². The van der Waals surface area contributed by atoms with Gasteiger partial charge in [-0.2, -0.15) is 4.31 Å². The third-order valence-electron chi connectivity index (χ3n) is 6.11. The molecule has 3 aromatic carbocycles. The predicted molar refractivity (Wildman–Crippen MR) is 131 cm³/mol. The van der Waals surface area contributed by atoms with E-state index in [1.54, 1.807) is 12.1 Å². The summed E-state index contributed by atoms with van der Waals surface area (Å²) in [5, 5.41) is 2.94. The zero-order chi connectivity index (χ0) is 24.5. The number of anilines is 1. The Morgan fingerprint density at radius 1 is 0.971 bits per heavy atom. The number of methoxy groups -OCH3 is 2. The maximum atomic E-state index is 13.9. The monoisotopic (exact) mass is 480 g/mol. The van der Waals surface area contributed by atoms with E-state index in [9.17, 15) is 13.2 Å². The number of aryl methyl sites for hydroxylation is 2. The van der Waals surface area contributed by atoms with Crippen LogP contribution in [0.4, 0.5) is 5.69 Å². The number of ether oxygens (including phenoxy) is 2. The highest BCUT2D eigenvalue weighted by atomic mass is 32.2. The van der Waals surface area contributed by atoms with Crippen molar-refractivity contribution in [2.75, 3.05) is 19.5 Å². The molecule has 0 fully saturated rings. The molecule has 1 heterocycles. The Kier molecular flexibility index (Phi) is 6.63. The van der Waals surface area contributed by atoms with Crippen LogP contribution in [0.3, 0.4) is 0 Å². The van der Waals surface area contributed by atoms with Gasteiger partial charge in [0.15, 0.2) is 0 Å². The average Bonchev–Trinajstić information content (AvgIpc) is 2.84. The highest BCUT2D eigenvalue weighted by Crippen LogP contribution is 2.35.